The molecule has 0 unspecified atom stereocenters. The van der Waals surface area contributed by atoms with Gasteiger partial charge in [-0.2, -0.15) is 5.26 Å². The minimum Gasteiger partial charge on any atom is -0.484 e. The number of rotatable bonds is 3. The fourth-order valence-electron chi connectivity index (χ4n) is 1.50. The number of ether oxygens (including phenoxy) is 1. The maximum absolute atomic E-state index is 13.5. The van der Waals surface area contributed by atoms with Crippen LogP contribution in [-0.2, 0) is 6.61 Å². The Balaban J connectivity index is 2.12. The first kappa shape index (κ1) is 12.1. The molecule has 0 N–H and O–H groups in total. The van der Waals surface area contributed by atoms with Crippen molar-refractivity contribution in [1.82, 2.24) is 4.98 Å². The van der Waals surface area contributed by atoms with Crippen molar-refractivity contribution < 1.29 is 9.13 Å². The molecule has 2 aromatic rings. The molecule has 0 atom stereocenters. The van der Waals surface area contributed by atoms with E-state index in [2.05, 4.69) is 4.98 Å². The molecule has 0 saturated carbocycles. The molecule has 0 saturated heterocycles. The minimum atomic E-state index is -0.539. The number of benzene rings is 1. The Hall–Kier alpha value is -2.41. The number of nitrogens with zero attached hydrogens (tertiary/aromatic N) is 2. The summed E-state index contributed by atoms with van der Waals surface area (Å²) in [5.41, 5.74) is 2.03. The summed E-state index contributed by atoms with van der Waals surface area (Å²) in [6.07, 6.45) is 1.67. The monoisotopic (exact) mass is 242 g/mol. The van der Waals surface area contributed by atoms with Crippen LogP contribution in [0, 0.1) is 24.1 Å². The predicted molar refractivity (Wildman–Crippen MR) is 64.4 cm³/mol. The van der Waals surface area contributed by atoms with Crippen molar-refractivity contribution in [2.75, 3.05) is 0 Å². The van der Waals surface area contributed by atoms with Crippen LogP contribution >= 0.6 is 0 Å². The van der Waals surface area contributed by atoms with E-state index in [9.17, 15) is 4.39 Å². The van der Waals surface area contributed by atoms with E-state index in [0.29, 0.717) is 0 Å². The molecule has 0 aliphatic carbocycles. The molecule has 3 nitrogen and oxygen atoms in total. The normalized spacial score (nSPS) is 9.83. The lowest BCUT2D eigenvalue weighted by atomic mass is 10.2. The van der Waals surface area contributed by atoms with E-state index in [-0.39, 0.29) is 17.9 Å². The van der Waals surface area contributed by atoms with Gasteiger partial charge in [-0.05, 0) is 36.8 Å². The van der Waals surface area contributed by atoms with Crippen LogP contribution in [-0.4, -0.2) is 4.98 Å². The first-order chi connectivity index (χ1) is 8.70. The lowest BCUT2D eigenvalue weighted by Gasteiger charge is -2.08. The molecule has 90 valence electrons. The Morgan fingerprint density at radius 1 is 1.39 bits per heavy atom. The minimum absolute atomic E-state index is 0.124. The number of halogens is 1. The van der Waals surface area contributed by atoms with Gasteiger partial charge >= 0.3 is 0 Å². The molecule has 0 radical (unpaired) electrons. The average molecular weight is 242 g/mol. The van der Waals surface area contributed by atoms with Gasteiger partial charge in [0.1, 0.15) is 6.61 Å². The molecule has 0 bridgehead atoms. The molecular formula is C14H11FN2O. The van der Waals surface area contributed by atoms with E-state index in [4.69, 9.17) is 10.00 Å². The highest BCUT2D eigenvalue weighted by molar-refractivity contribution is 5.36. The van der Waals surface area contributed by atoms with E-state index in [1.54, 1.807) is 6.20 Å². The Kier molecular flexibility index (Phi) is 3.54. The maximum Gasteiger partial charge on any atom is 0.166 e. The molecule has 2 rings (SSSR count). The second kappa shape index (κ2) is 5.28. The standard InChI is InChI=1S/C14H11FN2O/c1-10-3-2-6-17-13(10)9-18-14-5-4-11(8-16)7-12(14)15/h2-7H,9H2,1H3. The van der Waals surface area contributed by atoms with Crippen LogP contribution in [0.1, 0.15) is 16.8 Å². The van der Waals surface area contributed by atoms with E-state index in [1.807, 2.05) is 25.1 Å². The van der Waals surface area contributed by atoms with Gasteiger partial charge in [0.15, 0.2) is 11.6 Å². The summed E-state index contributed by atoms with van der Waals surface area (Å²) in [7, 11) is 0. The molecular weight excluding hydrogens is 231 g/mol. The Morgan fingerprint density at radius 2 is 2.22 bits per heavy atom. The predicted octanol–water partition coefficient (Wildman–Crippen LogP) is 2.98. The number of aryl methyl sites for hydroxylation is 1. The van der Waals surface area contributed by atoms with Crippen molar-refractivity contribution in [1.29, 1.82) is 5.26 Å². The largest absolute Gasteiger partial charge is 0.484 e. The van der Waals surface area contributed by atoms with Gasteiger partial charge in [0.05, 0.1) is 17.3 Å². The van der Waals surface area contributed by atoms with Crippen LogP contribution in [0.25, 0.3) is 0 Å². The van der Waals surface area contributed by atoms with E-state index < -0.39 is 5.82 Å². The van der Waals surface area contributed by atoms with Crippen molar-refractivity contribution in [2.24, 2.45) is 0 Å². The maximum atomic E-state index is 13.5. The molecule has 0 aliphatic rings. The van der Waals surface area contributed by atoms with Crippen LogP contribution in [0.2, 0.25) is 0 Å². The molecule has 1 heterocycles. The molecule has 1 aromatic carbocycles. The molecule has 0 fully saturated rings. The first-order valence-electron chi connectivity index (χ1n) is 5.43. The van der Waals surface area contributed by atoms with Crippen LogP contribution in [0.4, 0.5) is 4.39 Å². The SMILES string of the molecule is Cc1cccnc1COc1ccc(C#N)cc1F. The first-order valence-corrected chi connectivity index (χ1v) is 5.43. The van der Waals surface area contributed by atoms with Crippen molar-refractivity contribution in [2.45, 2.75) is 13.5 Å². The van der Waals surface area contributed by atoms with Gasteiger partial charge in [-0.15, -0.1) is 0 Å². The summed E-state index contributed by atoms with van der Waals surface area (Å²) in [4.78, 5) is 4.16. The molecule has 0 aliphatic heterocycles. The molecule has 18 heavy (non-hydrogen) atoms. The number of pyridine rings is 1. The van der Waals surface area contributed by atoms with E-state index in [1.165, 1.54) is 12.1 Å². The Labute approximate surface area is 104 Å². The quantitative estimate of drug-likeness (QED) is 0.831. The van der Waals surface area contributed by atoms with Gasteiger partial charge in [-0.1, -0.05) is 6.07 Å². The van der Waals surface area contributed by atoms with Crippen molar-refractivity contribution in [3.63, 3.8) is 0 Å². The zero-order chi connectivity index (χ0) is 13.0. The lowest BCUT2D eigenvalue weighted by molar-refractivity contribution is 0.285. The summed E-state index contributed by atoms with van der Waals surface area (Å²) >= 11 is 0. The highest BCUT2D eigenvalue weighted by Crippen LogP contribution is 2.19. The lowest BCUT2D eigenvalue weighted by Crippen LogP contribution is -2.01. The van der Waals surface area contributed by atoms with E-state index >= 15 is 0 Å². The summed E-state index contributed by atoms with van der Waals surface area (Å²) in [5.74, 6) is -0.415. The second-order valence-corrected chi connectivity index (χ2v) is 3.81. The van der Waals surface area contributed by atoms with Gasteiger partial charge < -0.3 is 4.74 Å². The summed E-state index contributed by atoms with van der Waals surface area (Å²) in [6.45, 7) is 2.12. The third kappa shape index (κ3) is 2.64. The Morgan fingerprint density at radius 3 is 2.89 bits per heavy atom. The van der Waals surface area contributed by atoms with Crippen LogP contribution < -0.4 is 4.74 Å². The Bertz CT molecular complexity index is 605. The smallest absolute Gasteiger partial charge is 0.166 e. The zero-order valence-corrected chi connectivity index (χ0v) is 9.85. The molecule has 0 spiro atoms. The summed E-state index contributed by atoms with van der Waals surface area (Å²) in [6, 6.07) is 9.74. The van der Waals surface area contributed by atoms with Crippen molar-refractivity contribution >= 4 is 0 Å². The van der Waals surface area contributed by atoms with Crippen LogP contribution in [0.5, 0.6) is 5.75 Å². The van der Waals surface area contributed by atoms with Gasteiger partial charge in [0.2, 0.25) is 0 Å². The number of aromatic nitrogens is 1. The topological polar surface area (TPSA) is 45.9 Å². The van der Waals surface area contributed by atoms with Gasteiger partial charge in [0.25, 0.3) is 0 Å². The zero-order valence-electron chi connectivity index (χ0n) is 9.85. The van der Waals surface area contributed by atoms with Crippen molar-refractivity contribution in [3.05, 3.63) is 59.2 Å². The molecule has 1 aromatic heterocycles. The molecule has 4 heteroatoms. The third-order valence-corrected chi connectivity index (χ3v) is 2.54. The number of hydrogen-bond acceptors (Lipinski definition) is 3. The van der Waals surface area contributed by atoms with Gasteiger partial charge in [-0.25, -0.2) is 4.39 Å². The summed E-state index contributed by atoms with van der Waals surface area (Å²) < 4.78 is 18.9. The van der Waals surface area contributed by atoms with Crippen LogP contribution in [0.15, 0.2) is 36.5 Å². The fourth-order valence-corrected chi connectivity index (χ4v) is 1.50. The van der Waals surface area contributed by atoms with Gasteiger partial charge in [0, 0.05) is 6.20 Å². The molecule has 0 amide bonds. The number of hydrogen-bond donors (Lipinski definition) is 0. The van der Waals surface area contributed by atoms with E-state index in [0.717, 1.165) is 17.3 Å². The number of nitriles is 1. The fraction of sp³-hybridized carbons (Fsp3) is 0.143. The van der Waals surface area contributed by atoms with Crippen LogP contribution in [0.3, 0.4) is 0 Å². The second-order valence-electron chi connectivity index (χ2n) is 3.81. The summed E-state index contributed by atoms with van der Waals surface area (Å²) in [5, 5.41) is 8.63. The highest BCUT2D eigenvalue weighted by atomic mass is 19.1. The highest BCUT2D eigenvalue weighted by Gasteiger charge is 2.06. The average Bonchev–Trinajstić information content (AvgIpc) is 2.39. The van der Waals surface area contributed by atoms with Gasteiger partial charge in [-0.3, -0.25) is 4.98 Å². The third-order valence-electron chi connectivity index (χ3n) is 2.54. The van der Waals surface area contributed by atoms with Crippen molar-refractivity contribution in [3.8, 4) is 11.8 Å².